The van der Waals surface area contributed by atoms with E-state index in [-0.39, 0.29) is 30.0 Å². The number of hydrogen-bond donors (Lipinski definition) is 3. The van der Waals surface area contributed by atoms with Crippen molar-refractivity contribution in [3.8, 4) is 0 Å². The highest BCUT2D eigenvalue weighted by Crippen LogP contribution is 2.39. The Bertz CT molecular complexity index is 1040. The molecule has 0 amide bonds. The minimum absolute atomic E-state index is 0.105. The first kappa shape index (κ1) is 27.6. The van der Waals surface area contributed by atoms with Gasteiger partial charge in [-0.25, -0.2) is 9.36 Å². The van der Waals surface area contributed by atoms with Crippen LogP contribution >= 0.6 is 0 Å². The minimum atomic E-state index is -0.861. The quantitative estimate of drug-likeness (QED) is 0.421. The van der Waals surface area contributed by atoms with Gasteiger partial charge in [-0.3, -0.25) is 14.7 Å². The van der Waals surface area contributed by atoms with Crippen LogP contribution in [0.15, 0.2) is 23.0 Å². The second-order valence-corrected chi connectivity index (χ2v) is 10.5. The van der Waals surface area contributed by atoms with Crippen molar-refractivity contribution in [2.75, 3.05) is 32.7 Å². The molecule has 4 atom stereocenters. The third-order valence-electron chi connectivity index (χ3n) is 7.84. The van der Waals surface area contributed by atoms with Crippen molar-refractivity contribution in [1.82, 2.24) is 19.4 Å². The summed E-state index contributed by atoms with van der Waals surface area (Å²) in [6.45, 7) is 14.8. The highest BCUT2D eigenvalue weighted by molar-refractivity contribution is 5.92. The average molecular weight is 488 g/mol. The van der Waals surface area contributed by atoms with E-state index in [4.69, 9.17) is 5.73 Å². The normalized spacial score (nSPS) is 21.8. The van der Waals surface area contributed by atoms with Crippen LogP contribution in [-0.4, -0.2) is 57.8 Å². The summed E-state index contributed by atoms with van der Waals surface area (Å²) in [5, 5.41) is 13.9. The maximum atomic E-state index is 13.8. The SMILES string of the molecule is CCN(CC)CCN[C@H](O)c1ccc2c(c1)n(CCN)c(=O)n2C(=O)[C@@H]1C[C@H](C)CC[C@H]1C(C)C. The second-order valence-electron chi connectivity index (χ2n) is 10.5. The zero-order chi connectivity index (χ0) is 25.7. The van der Waals surface area contributed by atoms with Crippen LogP contribution < -0.4 is 16.7 Å². The predicted octanol–water partition coefficient (Wildman–Crippen LogP) is 3.03. The maximum Gasteiger partial charge on any atom is 0.336 e. The van der Waals surface area contributed by atoms with Gasteiger partial charge in [0.15, 0.2) is 0 Å². The Kier molecular flexibility index (Phi) is 9.69. The lowest BCUT2D eigenvalue weighted by atomic mass is 9.69. The van der Waals surface area contributed by atoms with E-state index in [9.17, 15) is 14.7 Å². The summed E-state index contributed by atoms with van der Waals surface area (Å²) in [4.78, 5) is 29.6. The van der Waals surface area contributed by atoms with Gasteiger partial charge in [0.1, 0.15) is 6.23 Å². The molecule has 0 aliphatic heterocycles. The first-order valence-corrected chi connectivity index (χ1v) is 13.4. The third kappa shape index (κ3) is 6.05. The lowest BCUT2D eigenvalue weighted by Crippen LogP contribution is -2.40. The molecule has 196 valence electrons. The second kappa shape index (κ2) is 12.3. The van der Waals surface area contributed by atoms with Crippen molar-refractivity contribution in [2.24, 2.45) is 29.4 Å². The largest absolute Gasteiger partial charge is 0.374 e. The Morgan fingerprint density at radius 3 is 2.57 bits per heavy atom. The van der Waals surface area contributed by atoms with Crippen LogP contribution in [0.25, 0.3) is 11.0 Å². The highest BCUT2D eigenvalue weighted by atomic mass is 16.3. The molecule has 0 spiro atoms. The van der Waals surface area contributed by atoms with Crippen LogP contribution in [0, 0.1) is 23.7 Å². The summed E-state index contributed by atoms with van der Waals surface area (Å²) in [6, 6.07) is 5.41. The van der Waals surface area contributed by atoms with Crippen molar-refractivity contribution >= 4 is 16.9 Å². The van der Waals surface area contributed by atoms with E-state index >= 15 is 0 Å². The summed E-state index contributed by atoms with van der Waals surface area (Å²) in [5.41, 5.74) is 7.39. The molecule has 4 N–H and O–H groups in total. The molecule has 0 radical (unpaired) electrons. The molecular weight excluding hydrogens is 442 g/mol. The van der Waals surface area contributed by atoms with Gasteiger partial charge in [-0.1, -0.05) is 47.1 Å². The number of carbonyl (C=O) groups is 1. The van der Waals surface area contributed by atoms with Crippen molar-refractivity contribution in [3.63, 3.8) is 0 Å². The number of aromatic nitrogens is 2. The number of imidazole rings is 1. The van der Waals surface area contributed by atoms with Crippen LogP contribution in [-0.2, 0) is 6.54 Å². The average Bonchev–Trinajstić information content (AvgIpc) is 3.11. The number of nitrogens with two attached hydrogens (primary N) is 1. The molecule has 1 aromatic heterocycles. The van der Waals surface area contributed by atoms with Crippen LogP contribution in [0.4, 0.5) is 0 Å². The molecule has 1 heterocycles. The Labute approximate surface area is 209 Å². The summed E-state index contributed by atoms with van der Waals surface area (Å²) < 4.78 is 2.95. The summed E-state index contributed by atoms with van der Waals surface area (Å²) >= 11 is 0. The van der Waals surface area contributed by atoms with Gasteiger partial charge in [-0.2, -0.15) is 0 Å². The predicted molar refractivity (Wildman–Crippen MR) is 141 cm³/mol. The number of nitrogens with one attached hydrogen (secondary N) is 1. The van der Waals surface area contributed by atoms with Gasteiger partial charge < -0.3 is 15.7 Å². The smallest absolute Gasteiger partial charge is 0.336 e. The zero-order valence-corrected chi connectivity index (χ0v) is 22.2. The number of rotatable bonds is 11. The van der Waals surface area contributed by atoms with E-state index in [2.05, 4.69) is 44.8 Å². The molecule has 35 heavy (non-hydrogen) atoms. The minimum Gasteiger partial charge on any atom is -0.374 e. The molecule has 0 saturated heterocycles. The fraction of sp³-hybridized carbons (Fsp3) is 0.704. The third-order valence-corrected chi connectivity index (χ3v) is 7.84. The molecule has 1 saturated carbocycles. The summed E-state index contributed by atoms with van der Waals surface area (Å²) in [7, 11) is 0. The van der Waals surface area contributed by atoms with Gasteiger partial charge in [0.05, 0.1) is 11.0 Å². The fourth-order valence-electron chi connectivity index (χ4n) is 5.67. The summed E-state index contributed by atoms with van der Waals surface area (Å²) in [6.07, 6.45) is 2.09. The van der Waals surface area contributed by atoms with Gasteiger partial charge in [0, 0.05) is 32.1 Å². The number of benzene rings is 1. The highest BCUT2D eigenvalue weighted by Gasteiger charge is 2.37. The Morgan fingerprint density at radius 2 is 1.94 bits per heavy atom. The number of aliphatic hydroxyl groups excluding tert-OH is 1. The Morgan fingerprint density at radius 1 is 1.23 bits per heavy atom. The Balaban J connectivity index is 1.94. The molecular formula is C27H45N5O3. The standard InChI is InChI=1S/C27H45N5O3/c1-6-30(7-2)15-13-29-25(33)20-9-11-23-24(17-20)31(14-12-28)27(35)32(23)26(34)22-16-19(5)8-10-21(22)18(3)4/h9,11,17-19,21-22,25,29,33H,6-8,10,12-16,28H2,1-5H3/t19-,21+,22-,25-/m1/s1. The van der Waals surface area contributed by atoms with Crippen LogP contribution in [0.2, 0.25) is 0 Å². The van der Waals surface area contributed by atoms with Gasteiger partial charge in [-0.15, -0.1) is 0 Å². The lowest BCUT2D eigenvalue weighted by molar-refractivity contribution is 0.0633. The van der Waals surface area contributed by atoms with Gasteiger partial charge in [0.2, 0.25) is 5.91 Å². The van der Waals surface area contributed by atoms with Crippen molar-refractivity contribution in [2.45, 2.75) is 66.7 Å². The number of likely N-dealkylation sites (N-methyl/N-ethyl adjacent to an activating group) is 1. The van der Waals surface area contributed by atoms with E-state index in [1.807, 2.05) is 6.07 Å². The first-order chi connectivity index (χ1) is 16.7. The first-order valence-electron chi connectivity index (χ1n) is 13.4. The van der Waals surface area contributed by atoms with E-state index in [1.165, 1.54) is 4.57 Å². The van der Waals surface area contributed by atoms with E-state index in [0.29, 0.717) is 41.5 Å². The maximum absolute atomic E-state index is 13.8. The summed E-state index contributed by atoms with van der Waals surface area (Å²) in [5.74, 6) is 0.853. The molecule has 0 bridgehead atoms. The molecule has 1 fully saturated rings. The number of hydrogen-bond acceptors (Lipinski definition) is 6. The monoisotopic (exact) mass is 487 g/mol. The van der Waals surface area contributed by atoms with E-state index in [1.54, 1.807) is 16.7 Å². The zero-order valence-electron chi connectivity index (χ0n) is 22.2. The van der Waals surface area contributed by atoms with E-state index < -0.39 is 6.23 Å². The molecule has 3 rings (SSSR count). The molecule has 1 aliphatic carbocycles. The molecule has 1 aromatic carbocycles. The topological polar surface area (TPSA) is 106 Å². The van der Waals surface area contributed by atoms with E-state index in [0.717, 1.165) is 38.9 Å². The lowest BCUT2D eigenvalue weighted by Gasteiger charge is -2.36. The number of aliphatic hydroxyl groups is 1. The van der Waals surface area contributed by atoms with Crippen molar-refractivity contribution in [1.29, 1.82) is 0 Å². The van der Waals surface area contributed by atoms with Gasteiger partial charge in [-0.05, 0) is 61.4 Å². The van der Waals surface area contributed by atoms with Crippen LogP contribution in [0.1, 0.15) is 70.5 Å². The molecule has 2 aromatic rings. The molecule has 1 aliphatic rings. The van der Waals surface area contributed by atoms with Crippen LogP contribution in [0.3, 0.4) is 0 Å². The number of fused-ring (bicyclic) bond motifs is 1. The van der Waals surface area contributed by atoms with Crippen molar-refractivity contribution in [3.05, 3.63) is 34.2 Å². The number of nitrogens with zero attached hydrogens (tertiary/aromatic N) is 3. The molecule has 8 heteroatoms. The molecule has 0 unspecified atom stereocenters. The number of carbonyl (C=O) groups excluding carboxylic acids is 1. The molecule has 8 nitrogen and oxygen atoms in total. The van der Waals surface area contributed by atoms with Gasteiger partial charge in [0.25, 0.3) is 0 Å². The van der Waals surface area contributed by atoms with Crippen molar-refractivity contribution < 1.29 is 9.90 Å². The van der Waals surface area contributed by atoms with Crippen LogP contribution in [0.5, 0.6) is 0 Å². The van der Waals surface area contributed by atoms with Gasteiger partial charge >= 0.3 is 5.69 Å². The fourth-order valence-corrected chi connectivity index (χ4v) is 5.67. The Hall–Kier alpha value is -2.00.